The average molecular weight is 213 g/mol. The van der Waals surface area contributed by atoms with Crippen LogP contribution in [-0.4, -0.2) is 13.2 Å². The lowest BCUT2D eigenvalue weighted by Gasteiger charge is -2.03. The number of halogens is 1. The Bertz CT molecular complexity index is 260. The van der Waals surface area contributed by atoms with Gasteiger partial charge in [0, 0.05) is 11.6 Å². The van der Waals surface area contributed by atoms with Gasteiger partial charge in [-0.05, 0) is 30.5 Å². The SMILES string of the molecule is CCCCOCCc1cccc(Cl)c1. The molecular weight excluding hydrogens is 196 g/mol. The van der Waals surface area contributed by atoms with Gasteiger partial charge in [0.15, 0.2) is 0 Å². The zero-order valence-electron chi connectivity index (χ0n) is 8.63. The molecule has 0 aliphatic carbocycles. The lowest BCUT2D eigenvalue weighted by molar-refractivity contribution is 0.134. The van der Waals surface area contributed by atoms with E-state index in [1.807, 2.05) is 18.2 Å². The van der Waals surface area contributed by atoms with Gasteiger partial charge in [-0.2, -0.15) is 0 Å². The molecule has 0 unspecified atom stereocenters. The Morgan fingerprint density at radius 1 is 1.29 bits per heavy atom. The topological polar surface area (TPSA) is 9.23 Å². The molecule has 0 amide bonds. The van der Waals surface area contributed by atoms with Gasteiger partial charge in [0.25, 0.3) is 0 Å². The molecule has 0 radical (unpaired) electrons. The standard InChI is InChI=1S/C12H17ClO/c1-2-3-8-14-9-7-11-5-4-6-12(13)10-11/h4-6,10H,2-3,7-9H2,1H3. The molecule has 1 aromatic rings. The van der Waals surface area contributed by atoms with Crippen molar-refractivity contribution in [1.82, 2.24) is 0 Å². The van der Waals surface area contributed by atoms with Crippen molar-refractivity contribution >= 4 is 11.6 Å². The maximum Gasteiger partial charge on any atom is 0.0506 e. The van der Waals surface area contributed by atoms with Crippen LogP contribution in [0.1, 0.15) is 25.3 Å². The van der Waals surface area contributed by atoms with Crippen LogP contribution < -0.4 is 0 Å². The first-order chi connectivity index (χ1) is 6.83. The minimum atomic E-state index is 0.792. The maximum atomic E-state index is 5.87. The fraction of sp³-hybridized carbons (Fsp3) is 0.500. The van der Waals surface area contributed by atoms with E-state index in [0.29, 0.717) is 0 Å². The second kappa shape index (κ2) is 6.86. The van der Waals surface area contributed by atoms with Gasteiger partial charge in [-0.1, -0.05) is 37.1 Å². The summed E-state index contributed by atoms with van der Waals surface area (Å²) in [6.45, 7) is 3.83. The number of hydrogen-bond acceptors (Lipinski definition) is 1. The van der Waals surface area contributed by atoms with Gasteiger partial charge in [-0.25, -0.2) is 0 Å². The summed E-state index contributed by atoms with van der Waals surface area (Å²) >= 11 is 5.87. The molecule has 0 N–H and O–H groups in total. The van der Waals surface area contributed by atoms with E-state index in [0.717, 1.165) is 31.1 Å². The molecule has 0 heterocycles. The predicted molar refractivity (Wildman–Crippen MR) is 60.9 cm³/mol. The molecule has 0 fully saturated rings. The van der Waals surface area contributed by atoms with Crippen LogP contribution in [0.25, 0.3) is 0 Å². The smallest absolute Gasteiger partial charge is 0.0506 e. The largest absolute Gasteiger partial charge is 0.381 e. The van der Waals surface area contributed by atoms with Crippen LogP contribution in [-0.2, 0) is 11.2 Å². The molecule has 0 aliphatic rings. The zero-order valence-corrected chi connectivity index (χ0v) is 9.39. The first kappa shape index (κ1) is 11.5. The summed E-state index contributed by atoms with van der Waals surface area (Å²) in [7, 11) is 0. The molecule has 1 nitrogen and oxygen atoms in total. The van der Waals surface area contributed by atoms with E-state index in [9.17, 15) is 0 Å². The van der Waals surface area contributed by atoms with Crippen LogP contribution in [0.15, 0.2) is 24.3 Å². The second-order valence-electron chi connectivity index (χ2n) is 3.35. The van der Waals surface area contributed by atoms with E-state index < -0.39 is 0 Å². The summed E-state index contributed by atoms with van der Waals surface area (Å²) in [6.07, 6.45) is 3.29. The van der Waals surface area contributed by atoms with Gasteiger partial charge in [-0.15, -0.1) is 0 Å². The van der Waals surface area contributed by atoms with Crippen molar-refractivity contribution in [1.29, 1.82) is 0 Å². The van der Waals surface area contributed by atoms with Gasteiger partial charge >= 0.3 is 0 Å². The van der Waals surface area contributed by atoms with Gasteiger partial charge in [0.1, 0.15) is 0 Å². The van der Waals surface area contributed by atoms with Gasteiger partial charge in [-0.3, -0.25) is 0 Å². The van der Waals surface area contributed by atoms with Crippen molar-refractivity contribution in [2.24, 2.45) is 0 Å². The molecule has 2 heteroatoms. The molecule has 0 saturated carbocycles. The molecule has 0 aliphatic heterocycles. The summed E-state index contributed by atoms with van der Waals surface area (Å²) in [4.78, 5) is 0. The van der Waals surface area contributed by atoms with Crippen LogP contribution in [0, 0.1) is 0 Å². The molecule has 14 heavy (non-hydrogen) atoms. The second-order valence-corrected chi connectivity index (χ2v) is 3.78. The highest BCUT2D eigenvalue weighted by Crippen LogP contribution is 2.10. The van der Waals surface area contributed by atoms with E-state index in [2.05, 4.69) is 13.0 Å². The Morgan fingerprint density at radius 2 is 2.14 bits per heavy atom. The molecule has 1 aromatic carbocycles. The maximum absolute atomic E-state index is 5.87. The minimum Gasteiger partial charge on any atom is -0.381 e. The summed E-state index contributed by atoms with van der Waals surface area (Å²) in [5, 5.41) is 0.802. The molecule has 0 aromatic heterocycles. The van der Waals surface area contributed by atoms with E-state index in [1.165, 1.54) is 12.0 Å². The third-order valence-electron chi connectivity index (χ3n) is 2.07. The van der Waals surface area contributed by atoms with Gasteiger partial charge in [0.2, 0.25) is 0 Å². The molecular formula is C12H17ClO. The van der Waals surface area contributed by atoms with E-state index in [-0.39, 0.29) is 0 Å². The Kier molecular flexibility index (Phi) is 5.65. The first-order valence-electron chi connectivity index (χ1n) is 5.15. The first-order valence-corrected chi connectivity index (χ1v) is 5.53. The lowest BCUT2D eigenvalue weighted by Crippen LogP contribution is -1.99. The average Bonchev–Trinajstić information content (AvgIpc) is 2.18. The third-order valence-corrected chi connectivity index (χ3v) is 2.30. The van der Waals surface area contributed by atoms with Crippen molar-refractivity contribution in [3.8, 4) is 0 Å². The van der Waals surface area contributed by atoms with Crippen molar-refractivity contribution < 1.29 is 4.74 Å². The quantitative estimate of drug-likeness (QED) is 0.654. The molecule has 1 rings (SSSR count). The molecule has 78 valence electrons. The third kappa shape index (κ3) is 4.64. The number of unbranched alkanes of at least 4 members (excludes halogenated alkanes) is 1. The minimum absolute atomic E-state index is 0.792. The fourth-order valence-corrected chi connectivity index (χ4v) is 1.44. The van der Waals surface area contributed by atoms with Gasteiger partial charge < -0.3 is 4.74 Å². The normalized spacial score (nSPS) is 10.4. The van der Waals surface area contributed by atoms with Crippen LogP contribution in [0.2, 0.25) is 5.02 Å². The van der Waals surface area contributed by atoms with E-state index >= 15 is 0 Å². The highest BCUT2D eigenvalue weighted by molar-refractivity contribution is 6.30. The summed E-state index contributed by atoms with van der Waals surface area (Å²) in [5.41, 5.74) is 1.24. The van der Waals surface area contributed by atoms with Gasteiger partial charge in [0.05, 0.1) is 6.61 Å². The summed E-state index contributed by atoms with van der Waals surface area (Å²) in [5.74, 6) is 0. The van der Waals surface area contributed by atoms with Crippen molar-refractivity contribution in [2.45, 2.75) is 26.2 Å². The van der Waals surface area contributed by atoms with Crippen LogP contribution in [0.5, 0.6) is 0 Å². The number of benzene rings is 1. The monoisotopic (exact) mass is 212 g/mol. The lowest BCUT2D eigenvalue weighted by atomic mass is 10.2. The number of hydrogen-bond donors (Lipinski definition) is 0. The summed E-state index contributed by atoms with van der Waals surface area (Å²) < 4.78 is 5.47. The van der Waals surface area contributed by atoms with Crippen LogP contribution in [0.3, 0.4) is 0 Å². The Morgan fingerprint density at radius 3 is 2.86 bits per heavy atom. The van der Waals surface area contributed by atoms with Crippen molar-refractivity contribution in [3.63, 3.8) is 0 Å². The van der Waals surface area contributed by atoms with E-state index in [1.54, 1.807) is 0 Å². The van der Waals surface area contributed by atoms with Crippen molar-refractivity contribution in [3.05, 3.63) is 34.9 Å². The Balaban J connectivity index is 2.18. The molecule has 0 spiro atoms. The number of rotatable bonds is 6. The number of ether oxygens (including phenoxy) is 1. The van der Waals surface area contributed by atoms with Crippen molar-refractivity contribution in [2.75, 3.05) is 13.2 Å². The Labute approximate surface area is 91.0 Å². The Hall–Kier alpha value is -0.530. The molecule has 0 saturated heterocycles. The van der Waals surface area contributed by atoms with Crippen LogP contribution >= 0.6 is 11.6 Å². The van der Waals surface area contributed by atoms with E-state index in [4.69, 9.17) is 16.3 Å². The van der Waals surface area contributed by atoms with Crippen LogP contribution in [0.4, 0.5) is 0 Å². The summed E-state index contributed by atoms with van der Waals surface area (Å²) in [6, 6.07) is 7.94. The fourth-order valence-electron chi connectivity index (χ4n) is 1.23. The molecule has 0 bridgehead atoms. The zero-order chi connectivity index (χ0) is 10.2. The molecule has 0 atom stereocenters. The predicted octanol–water partition coefficient (Wildman–Crippen LogP) is 3.70. The highest BCUT2D eigenvalue weighted by Gasteiger charge is 1.94. The highest BCUT2D eigenvalue weighted by atomic mass is 35.5.